The third kappa shape index (κ3) is 4.27. The second-order valence-corrected chi connectivity index (χ2v) is 7.01. The number of fused-ring (bicyclic) bond motifs is 1. The minimum Gasteiger partial charge on any atom is -0.356 e. The van der Waals surface area contributed by atoms with E-state index in [0.29, 0.717) is 6.04 Å². The molecule has 1 aromatic carbocycles. The molecule has 1 unspecified atom stereocenters. The minimum absolute atomic E-state index is 0.309. The zero-order valence-electron chi connectivity index (χ0n) is 13.5. The topological polar surface area (TPSA) is 67.1 Å². The summed E-state index contributed by atoms with van der Waals surface area (Å²) in [6, 6.07) is 6.15. The normalized spacial score (nSPS) is 17.5. The molecular weight excluding hydrogens is 392 g/mol. The van der Waals surface area contributed by atoms with Crippen LogP contribution in [0.2, 0.25) is 5.02 Å². The van der Waals surface area contributed by atoms with Crippen LogP contribution < -0.4 is 10.6 Å². The molecule has 0 amide bonds. The van der Waals surface area contributed by atoms with Gasteiger partial charge in [-0.25, -0.2) is 9.67 Å². The molecule has 1 aromatic heterocycles. The highest BCUT2D eigenvalue weighted by atomic mass is 79.9. The highest BCUT2D eigenvalue weighted by Gasteiger charge is 2.20. The van der Waals surface area contributed by atoms with Crippen LogP contribution >= 0.6 is 27.5 Å². The number of nitrogens with zero attached hydrogens (tertiary/aromatic N) is 4. The average Bonchev–Trinajstić information content (AvgIpc) is 3.04. The molecule has 0 radical (unpaired) electrons. The van der Waals surface area contributed by atoms with E-state index in [1.807, 2.05) is 22.9 Å². The molecule has 6 nitrogen and oxygen atoms in total. The maximum Gasteiger partial charge on any atom is 0.191 e. The van der Waals surface area contributed by atoms with Gasteiger partial charge in [-0.2, -0.15) is 5.10 Å². The van der Waals surface area contributed by atoms with E-state index in [1.54, 1.807) is 13.4 Å². The number of aryl methyl sites for hydroxylation is 1. The Morgan fingerprint density at radius 3 is 3.21 bits per heavy atom. The molecule has 2 heterocycles. The van der Waals surface area contributed by atoms with Gasteiger partial charge in [0.15, 0.2) is 5.96 Å². The highest BCUT2D eigenvalue weighted by molar-refractivity contribution is 9.10. The lowest BCUT2D eigenvalue weighted by Gasteiger charge is -2.25. The van der Waals surface area contributed by atoms with Crippen LogP contribution in [0.5, 0.6) is 0 Å². The van der Waals surface area contributed by atoms with Crippen molar-refractivity contribution in [1.82, 2.24) is 25.4 Å². The summed E-state index contributed by atoms with van der Waals surface area (Å²) in [6.07, 6.45) is 4.44. The minimum atomic E-state index is 0.309. The number of halogens is 2. The summed E-state index contributed by atoms with van der Waals surface area (Å²) in [4.78, 5) is 8.56. The number of hydrogen-bond acceptors (Lipinski definition) is 3. The Bertz CT molecular complexity index is 729. The van der Waals surface area contributed by atoms with E-state index >= 15 is 0 Å². The van der Waals surface area contributed by atoms with Crippen molar-refractivity contribution in [3.63, 3.8) is 0 Å². The molecule has 1 atom stereocenters. The van der Waals surface area contributed by atoms with Crippen LogP contribution in [-0.4, -0.2) is 40.4 Å². The Labute approximate surface area is 154 Å². The molecule has 1 aliphatic heterocycles. The van der Waals surface area contributed by atoms with Crippen molar-refractivity contribution in [1.29, 1.82) is 0 Å². The maximum atomic E-state index is 6.06. The van der Waals surface area contributed by atoms with E-state index in [1.165, 1.54) is 5.56 Å². The Morgan fingerprint density at radius 2 is 2.38 bits per heavy atom. The molecule has 1 aliphatic rings. The zero-order chi connectivity index (χ0) is 16.9. The SMILES string of the molecule is CN=C(NCCc1cc(Cl)ccc1Br)NC1CCc2ncnn2C1. The summed E-state index contributed by atoms with van der Waals surface area (Å²) in [5.41, 5.74) is 1.18. The van der Waals surface area contributed by atoms with Crippen molar-refractivity contribution in [3.8, 4) is 0 Å². The van der Waals surface area contributed by atoms with Crippen LogP contribution in [-0.2, 0) is 19.4 Å². The van der Waals surface area contributed by atoms with Gasteiger partial charge in [0.2, 0.25) is 0 Å². The quantitative estimate of drug-likeness (QED) is 0.599. The maximum absolute atomic E-state index is 6.06. The summed E-state index contributed by atoms with van der Waals surface area (Å²) >= 11 is 9.61. The van der Waals surface area contributed by atoms with Gasteiger partial charge >= 0.3 is 0 Å². The fourth-order valence-corrected chi connectivity index (χ4v) is 3.43. The van der Waals surface area contributed by atoms with E-state index in [-0.39, 0.29) is 0 Å². The van der Waals surface area contributed by atoms with Crippen LogP contribution in [0.15, 0.2) is 34.0 Å². The van der Waals surface area contributed by atoms with E-state index in [9.17, 15) is 0 Å². The monoisotopic (exact) mass is 410 g/mol. The van der Waals surface area contributed by atoms with Crippen molar-refractivity contribution >= 4 is 33.5 Å². The molecule has 128 valence electrons. The first-order valence-electron chi connectivity index (χ1n) is 7.93. The molecule has 2 N–H and O–H groups in total. The molecule has 0 bridgehead atoms. The number of benzene rings is 1. The fraction of sp³-hybridized carbons (Fsp3) is 0.438. The van der Waals surface area contributed by atoms with Crippen molar-refractivity contribution < 1.29 is 0 Å². The third-order valence-electron chi connectivity index (χ3n) is 4.06. The fourth-order valence-electron chi connectivity index (χ4n) is 2.79. The summed E-state index contributed by atoms with van der Waals surface area (Å²) in [7, 11) is 1.79. The standard InChI is InChI=1S/C16H20BrClN6/c1-19-16(20-7-6-11-8-12(18)2-4-14(11)17)23-13-3-5-15-21-10-22-24(15)9-13/h2,4,8,10,13H,3,5-7,9H2,1H3,(H2,19,20,23). The summed E-state index contributed by atoms with van der Waals surface area (Å²) in [5, 5.41) is 11.8. The molecule has 0 fully saturated rings. The highest BCUT2D eigenvalue weighted by Crippen LogP contribution is 2.21. The van der Waals surface area contributed by atoms with Crippen molar-refractivity contribution in [2.75, 3.05) is 13.6 Å². The van der Waals surface area contributed by atoms with E-state index < -0.39 is 0 Å². The lowest BCUT2D eigenvalue weighted by Crippen LogP contribution is -2.47. The molecule has 0 aliphatic carbocycles. The molecule has 0 saturated carbocycles. The number of hydrogen-bond donors (Lipinski definition) is 2. The van der Waals surface area contributed by atoms with Gasteiger partial charge in [0.05, 0.1) is 6.54 Å². The second-order valence-electron chi connectivity index (χ2n) is 5.72. The summed E-state index contributed by atoms with van der Waals surface area (Å²) < 4.78 is 3.03. The zero-order valence-corrected chi connectivity index (χ0v) is 15.8. The van der Waals surface area contributed by atoms with Gasteiger partial charge in [-0.05, 0) is 36.6 Å². The van der Waals surface area contributed by atoms with Gasteiger partial charge in [0.1, 0.15) is 12.2 Å². The van der Waals surface area contributed by atoms with Crippen LogP contribution in [0.3, 0.4) is 0 Å². The van der Waals surface area contributed by atoms with E-state index in [0.717, 1.165) is 53.6 Å². The molecular formula is C16H20BrClN6. The van der Waals surface area contributed by atoms with Crippen molar-refractivity contribution in [2.45, 2.75) is 31.8 Å². The lowest BCUT2D eigenvalue weighted by molar-refractivity contribution is 0.393. The Balaban J connectivity index is 1.50. The first-order valence-corrected chi connectivity index (χ1v) is 9.10. The predicted molar refractivity (Wildman–Crippen MR) is 99.5 cm³/mol. The number of guanidine groups is 1. The van der Waals surface area contributed by atoms with Crippen LogP contribution in [0.4, 0.5) is 0 Å². The number of aliphatic imine (C=N–C) groups is 1. The number of aromatic nitrogens is 3. The molecule has 8 heteroatoms. The average molecular weight is 412 g/mol. The van der Waals surface area contributed by atoms with Crippen molar-refractivity contribution in [3.05, 3.63) is 45.4 Å². The number of nitrogens with one attached hydrogen (secondary N) is 2. The summed E-state index contributed by atoms with van der Waals surface area (Å²) in [6.45, 7) is 1.59. The van der Waals surface area contributed by atoms with Gasteiger partial charge in [0, 0.05) is 35.6 Å². The van der Waals surface area contributed by atoms with Gasteiger partial charge < -0.3 is 10.6 Å². The first kappa shape index (κ1) is 17.2. The first-order chi connectivity index (χ1) is 11.7. The molecule has 24 heavy (non-hydrogen) atoms. The van der Waals surface area contributed by atoms with Crippen LogP contribution in [0.25, 0.3) is 0 Å². The van der Waals surface area contributed by atoms with E-state index in [2.05, 4.69) is 41.6 Å². The van der Waals surface area contributed by atoms with Crippen molar-refractivity contribution in [2.24, 2.45) is 4.99 Å². The molecule has 0 spiro atoms. The Hall–Kier alpha value is -1.60. The molecule has 3 rings (SSSR count). The Morgan fingerprint density at radius 1 is 1.50 bits per heavy atom. The number of rotatable bonds is 4. The smallest absolute Gasteiger partial charge is 0.191 e. The second kappa shape index (κ2) is 7.98. The predicted octanol–water partition coefficient (Wildman–Crippen LogP) is 2.42. The van der Waals surface area contributed by atoms with E-state index in [4.69, 9.17) is 11.6 Å². The van der Waals surface area contributed by atoms with Gasteiger partial charge in [-0.15, -0.1) is 0 Å². The van der Waals surface area contributed by atoms with Crippen LogP contribution in [0.1, 0.15) is 17.8 Å². The molecule has 0 saturated heterocycles. The molecule has 2 aromatic rings. The third-order valence-corrected chi connectivity index (χ3v) is 5.07. The lowest BCUT2D eigenvalue weighted by atomic mass is 10.1. The Kier molecular flexibility index (Phi) is 5.73. The largest absolute Gasteiger partial charge is 0.356 e. The van der Waals surface area contributed by atoms with Gasteiger partial charge in [-0.3, -0.25) is 4.99 Å². The van der Waals surface area contributed by atoms with Gasteiger partial charge in [-0.1, -0.05) is 27.5 Å². The van der Waals surface area contributed by atoms with Crippen LogP contribution in [0, 0.1) is 0 Å². The van der Waals surface area contributed by atoms with Gasteiger partial charge in [0.25, 0.3) is 0 Å². The summed E-state index contributed by atoms with van der Waals surface area (Å²) in [5.74, 6) is 1.86.